The Hall–Kier alpha value is -3.58. The molecule has 1 N–H and O–H groups in total. The van der Waals surface area contributed by atoms with Crippen molar-refractivity contribution >= 4 is 23.2 Å². The number of nitrogens with one attached hydrogen (secondary N) is 1. The fourth-order valence-corrected chi connectivity index (χ4v) is 3.35. The summed E-state index contributed by atoms with van der Waals surface area (Å²) in [5, 5.41) is 11.6. The van der Waals surface area contributed by atoms with Crippen LogP contribution < -0.4 is 10.1 Å². The molecule has 4 aromatic rings. The monoisotopic (exact) mass is 450 g/mol. The highest BCUT2D eigenvalue weighted by atomic mass is 35.5. The lowest BCUT2D eigenvalue weighted by Gasteiger charge is -2.09. The van der Waals surface area contributed by atoms with E-state index in [-0.39, 0.29) is 18.2 Å². The van der Waals surface area contributed by atoms with Gasteiger partial charge in [-0.2, -0.15) is 5.10 Å². The first kappa shape index (κ1) is 21.6. The molecular formula is C24H23ClN4O3. The van der Waals surface area contributed by atoms with E-state index in [2.05, 4.69) is 15.6 Å². The molecule has 0 bridgehead atoms. The average molecular weight is 451 g/mol. The normalized spacial score (nSPS) is 10.9. The van der Waals surface area contributed by atoms with Gasteiger partial charge in [0, 0.05) is 11.9 Å². The molecule has 0 atom stereocenters. The summed E-state index contributed by atoms with van der Waals surface area (Å²) in [5.74, 6) is 0.925. The fourth-order valence-electron chi connectivity index (χ4n) is 3.19. The second-order valence-corrected chi connectivity index (χ2v) is 8.04. The van der Waals surface area contributed by atoms with Gasteiger partial charge in [0.15, 0.2) is 5.69 Å². The van der Waals surface area contributed by atoms with E-state index in [4.69, 9.17) is 20.9 Å². The molecule has 0 radical (unpaired) electrons. The Labute approximate surface area is 190 Å². The van der Waals surface area contributed by atoms with Crippen molar-refractivity contribution in [3.8, 4) is 5.75 Å². The molecule has 4 rings (SSSR count). The number of rotatable bonds is 7. The highest BCUT2D eigenvalue weighted by Gasteiger charge is 2.20. The molecular weight excluding hydrogens is 428 g/mol. The van der Waals surface area contributed by atoms with E-state index in [0.29, 0.717) is 28.6 Å². The summed E-state index contributed by atoms with van der Waals surface area (Å²) in [7, 11) is 0. The quantitative estimate of drug-likeness (QED) is 0.411. The number of hydrogen-bond donors (Lipinski definition) is 1. The molecule has 0 aliphatic rings. The van der Waals surface area contributed by atoms with Gasteiger partial charge >= 0.3 is 0 Å². The lowest BCUT2D eigenvalue weighted by molar-refractivity contribution is 0.101. The third-order valence-electron chi connectivity index (χ3n) is 5.22. The van der Waals surface area contributed by atoms with Crippen LogP contribution in [0.2, 0.25) is 5.02 Å². The Bertz CT molecular complexity index is 1240. The molecule has 2 aromatic heterocycles. The smallest absolute Gasteiger partial charge is 0.278 e. The van der Waals surface area contributed by atoms with Crippen LogP contribution in [-0.2, 0) is 13.2 Å². The van der Waals surface area contributed by atoms with Gasteiger partial charge in [-0.05, 0) is 61.7 Å². The Morgan fingerprint density at radius 1 is 1.12 bits per heavy atom. The van der Waals surface area contributed by atoms with Gasteiger partial charge in [0.1, 0.15) is 18.1 Å². The van der Waals surface area contributed by atoms with E-state index in [1.807, 2.05) is 56.3 Å². The third kappa shape index (κ3) is 5.00. The SMILES string of the molecule is Cc1ccc(OCc2c(C(=O)Nc3ccc(Cn4cc(Cl)cn4)cc3)noc2C)cc1C. The van der Waals surface area contributed by atoms with Gasteiger partial charge in [0.2, 0.25) is 0 Å². The first-order valence-corrected chi connectivity index (χ1v) is 10.5. The molecule has 0 saturated heterocycles. The number of hydrogen-bond acceptors (Lipinski definition) is 5. The Balaban J connectivity index is 1.41. The van der Waals surface area contributed by atoms with Crippen LogP contribution >= 0.6 is 11.6 Å². The van der Waals surface area contributed by atoms with Crippen LogP contribution in [0.3, 0.4) is 0 Å². The van der Waals surface area contributed by atoms with Crippen LogP contribution in [0.1, 0.15) is 38.5 Å². The molecule has 164 valence electrons. The topological polar surface area (TPSA) is 82.2 Å². The Morgan fingerprint density at radius 2 is 1.91 bits per heavy atom. The summed E-state index contributed by atoms with van der Waals surface area (Å²) >= 11 is 5.90. The number of carbonyl (C=O) groups is 1. The number of aryl methyl sites for hydroxylation is 3. The van der Waals surface area contributed by atoms with Crippen LogP contribution in [0.25, 0.3) is 0 Å². The number of anilines is 1. The minimum atomic E-state index is -0.354. The summed E-state index contributed by atoms with van der Waals surface area (Å²) in [5.41, 5.74) is 4.84. The molecule has 1 amide bonds. The fraction of sp³-hybridized carbons (Fsp3) is 0.208. The zero-order chi connectivity index (χ0) is 22.7. The van der Waals surface area contributed by atoms with E-state index in [9.17, 15) is 4.79 Å². The van der Waals surface area contributed by atoms with E-state index in [1.165, 1.54) is 5.56 Å². The summed E-state index contributed by atoms with van der Waals surface area (Å²) in [6, 6.07) is 13.4. The lowest BCUT2D eigenvalue weighted by Crippen LogP contribution is -2.15. The predicted molar refractivity (Wildman–Crippen MR) is 122 cm³/mol. The van der Waals surface area contributed by atoms with Crippen molar-refractivity contribution < 1.29 is 14.1 Å². The average Bonchev–Trinajstić information content (AvgIpc) is 3.35. The molecule has 0 spiro atoms. The van der Waals surface area contributed by atoms with Gasteiger partial charge in [-0.25, -0.2) is 0 Å². The Morgan fingerprint density at radius 3 is 2.59 bits per heavy atom. The minimum Gasteiger partial charge on any atom is -0.489 e. The molecule has 32 heavy (non-hydrogen) atoms. The van der Waals surface area contributed by atoms with Gasteiger partial charge in [-0.3, -0.25) is 9.48 Å². The van der Waals surface area contributed by atoms with Crippen LogP contribution in [0.5, 0.6) is 5.75 Å². The van der Waals surface area contributed by atoms with Gasteiger partial charge in [0.25, 0.3) is 5.91 Å². The summed E-state index contributed by atoms with van der Waals surface area (Å²) in [6.07, 6.45) is 3.35. The lowest BCUT2D eigenvalue weighted by atomic mass is 10.1. The maximum Gasteiger partial charge on any atom is 0.278 e. The number of amides is 1. The first-order valence-electron chi connectivity index (χ1n) is 10.1. The number of aromatic nitrogens is 3. The number of nitrogens with zero attached hydrogens (tertiary/aromatic N) is 3. The van der Waals surface area contributed by atoms with Crippen LogP contribution in [0.15, 0.2) is 59.4 Å². The number of halogens is 1. The van der Waals surface area contributed by atoms with Crippen molar-refractivity contribution in [3.05, 3.63) is 93.6 Å². The standard InChI is InChI=1S/C24H23ClN4O3/c1-15-4-9-21(10-16(15)2)31-14-22-17(3)32-28-23(22)24(30)27-20-7-5-18(6-8-20)12-29-13-19(25)11-26-29/h4-11,13H,12,14H2,1-3H3,(H,27,30). The van der Waals surface area contributed by atoms with Crippen molar-refractivity contribution in [2.45, 2.75) is 33.9 Å². The highest BCUT2D eigenvalue weighted by molar-refractivity contribution is 6.30. The summed E-state index contributed by atoms with van der Waals surface area (Å²) in [6.45, 7) is 6.61. The van der Waals surface area contributed by atoms with Crippen LogP contribution in [-0.4, -0.2) is 20.8 Å². The Kier molecular flexibility index (Phi) is 6.28. The van der Waals surface area contributed by atoms with Crippen molar-refractivity contribution in [1.82, 2.24) is 14.9 Å². The molecule has 0 unspecified atom stereocenters. The predicted octanol–water partition coefficient (Wildman–Crippen LogP) is 5.33. The van der Waals surface area contributed by atoms with Crippen molar-refractivity contribution in [1.29, 1.82) is 0 Å². The molecule has 0 fully saturated rings. The molecule has 2 heterocycles. The van der Waals surface area contributed by atoms with Crippen LogP contribution in [0, 0.1) is 20.8 Å². The molecule has 0 aliphatic heterocycles. The maximum atomic E-state index is 12.8. The van der Waals surface area contributed by atoms with Crippen molar-refractivity contribution in [2.24, 2.45) is 0 Å². The first-order chi connectivity index (χ1) is 15.4. The largest absolute Gasteiger partial charge is 0.489 e. The number of ether oxygens (including phenoxy) is 1. The zero-order valence-electron chi connectivity index (χ0n) is 18.1. The van der Waals surface area contributed by atoms with Crippen molar-refractivity contribution in [2.75, 3.05) is 5.32 Å². The minimum absolute atomic E-state index is 0.186. The van der Waals surface area contributed by atoms with Gasteiger partial charge < -0.3 is 14.6 Å². The summed E-state index contributed by atoms with van der Waals surface area (Å²) in [4.78, 5) is 12.8. The summed E-state index contributed by atoms with van der Waals surface area (Å²) < 4.78 is 12.9. The number of benzene rings is 2. The zero-order valence-corrected chi connectivity index (χ0v) is 18.8. The maximum absolute atomic E-state index is 12.8. The van der Waals surface area contributed by atoms with Gasteiger partial charge in [-0.1, -0.05) is 35.0 Å². The number of carbonyl (C=O) groups excluding carboxylic acids is 1. The van der Waals surface area contributed by atoms with Crippen LogP contribution in [0.4, 0.5) is 5.69 Å². The molecule has 2 aromatic carbocycles. The van der Waals surface area contributed by atoms with E-state index in [0.717, 1.165) is 16.9 Å². The molecule has 8 heteroatoms. The van der Waals surface area contributed by atoms with E-state index in [1.54, 1.807) is 24.0 Å². The molecule has 0 aliphatic carbocycles. The van der Waals surface area contributed by atoms with Gasteiger partial charge in [-0.15, -0.1) is 0 Å². The highest BCUT2D eigenvalue weighted by Crippen LogP contribution is 2.21. The molecule has 0 saturated carbocycles. The molecule has 7 nitrogen and oxygen atoms in total. The third-order valence-corrected chi connectivity index (χ3v) is 5.41. The van der Waals surface area contributed by atoms with Gasteiger partial charge in [0.05, 0.1) is 23.3 Å². The second kappa shape index (κ2) is 9.28. The second-order valence-electron chi connectivity index (χ2n) is 7.61. The van der Waals surface area contributed by atoms with E-state index >= 15 is 0 Å². The van der Waals surface area contributed by atoms with E-state index < -0.39 is 0 Å². The van der Waals surface area contributed by atoms with Crippen molar-refractivity contribution in [3.63, 3.8) is 0 Å².